The number of fused-ring (bicyclic) bond motifs is 1. The molecule has 0 fully saturated rings. The molecule has 3 amide bonds. The predicted octanol–water partition coefficient (Wildman–Crippen LogP) is 2.08. The molecule has 2 heterocycles. The van der Waals surface area contributed by atoms with Crippen LogP contribution in [0.1, 0.15) is 5.01 Å². The molecule has 0 spiro atoms. The fourth-order valence-electron chi connectivity index (χ4n) is 2.05. The van der Waals surface area contributed by atoms with E-state index in [1.165, 1.54) is 28.0 Å². The Kier molecular flexibility index (Phi) is 3.98. The lowest BCUT2D eigenvalue weighted by Gasteiger charge is -2.27. The first kappa shape index (κ1) is 14.2. The standard InChI is InChI=1S/C13H12N4O2S2/c1-8-15-16-13(21-8)20-7-6-17-11(18)9-4-2-3-5-10(9)14-12(17)19/h2-5,9H,6-7H2,1H3. The maximum atomic E-state index is 12.3. The number of hydrogen-bond donors (Lipinski definition) is 0. The number of allylic oxidation sites excluding steroid dienone is 3. The van der Waals surface area contributed by atoms with Crippen molar-refractivity contribution in [1.82, 2.24) is 15.1 Å². The number of amides is 3. The van der Waals surface area contributed by atoms with E-state index in [1.54, 1.807) is 24.3 Å². The van der Waals surface area contributed by atoms with Crippen LogP contribution in [0, 0.1) is 12.8 Å². The second-order valence-electron chi connectivity index (χ2n) is 4.47. The molecule has 0 saturated heterocycles. The van der Waals surface area contributed by atoms with Gasteiger partial charge in [0.25, 0.3) is 0 Å². The van der Waals surface area contributed by atoms with E-state index in [9.17, 15) is 9.59 Å². The van der Waals surface area contributed by atoms with E-state index < -0.39 is 11.9 Å². The monoisotopic (exact) mass is 320 g/mol. The Hall–Kier alpha value is -1.80. The van der Waals surface area contributed by atoms with Gasteiger partial charge in [-0.05, 0) is 13.0 Å². The number of hydrogen-bond acceptors (Lipinski definition) is 6. The van der Waals surface area contributed by atoms with Gasteiger partial charge in [-0.15, -0.1) is 10.2 Å². The molecule has 1 atom stereocenters. The van der Waals surface area contributed by atoms with Gasteiger partial charge in [-0.25, -0.2) is 4.79 Å². The lowest BCUT2D eigenvalue weighted by atomic mass is 9.95. The SMILES string of the molecule is Cc1nnc(SCCN2C(=O)N=C3C=CC=CC3C2=O)s1. The number of aryl methyl sites for hydroxylation is 1. The highest BCUT2D eigenvalue weighted by atomic mass is 32.2. The fraction of sp³-hybridized carbons (Fsp3) is 0.308. The Morgan fingerprint density at radius 2 is 2.19 bits per heavy atom. The maximum Gasteiger partial charge on any atom is 0.350 e. The summed E-state index contributed by atoms with van der Waals surface area (Å²) < 4.78 is 0.842. The van der Waals surface area contributed by atoms with E-state index in [2.05, 4.69) is 15.2 Å². The smallest absolute Gasteiger partial charge is 0.273 e. The molecule has 1 aromatic rings. The van der Waals surface area contributed by atoms with Gasteiger partial charge in [-0.1, -0.05) is 41.3 Å². The summed E-state index contributed by atoms with van der Waals surface area (Å²) in [7, 11) is 0. The highest BCUT2D eigenvalue weighted by Crippen LogP contribution is 2.23. The summed E-state index contributed by atoms with van der Waals surface area (Å²) in [6, 6.07) is -0.486. The molecule has 0 radical (unpaired) electrons. The molecule has 108 valence electrons. The van der Waals surface area contributed by atoms with Gasteiger partial charge in [-0.2, -0.15) is 4.99 Å². The van der Waals surface area contributed by atoms with Crippen LogP contribution in [-0.4, -0.2) is 45.0 Å². The van der Waals surface area contributed by atoms with Crippen molar-refractivity contribution in [3.8, 4) is 0 Å². The number of thioether (sulfide) groups is 1. The van der Waals surface area contributed by atoms with Crippen molar-refractivity contribution >= 4 is 40.7 Å². The van der Waals surface area contributed by atoms with Crippen LogP contribution >= 0.6 is 23.1 Å². The third-order valence-corrected chi connectivity index (χ3v) is 4.99. The molecule has 0 N–H and O–H groups in total. The fourth-order valence-corrected chi connectivity index (χ4v) is 3.86. The number of nitrogens with zero attached hydrogens (tertiary/aromatic N) is 4. The Balaban J connectivity index is 1.64. The molecule has 6 nitrogen and oxygen atoms in total. The summed E-state index contributed by atoms with van der Waals surface area (Å²) in [5, 5.41) is 8.82. The Morgan fingerprint density at radius 3 is 2.95 bits per heavy atom. The highest BCUT2D eigenvalue weighted by Gasteiger charge is 2.35. The molecule has 0 saturated carbocycles. The third kappa shape index (κ3) is 2.96. The zero-order chi connectivity index (χ0) is 14.8. The topological polar surface area (TPSA) is 75.5 Å². The van der Waals surface area contributed by atoms with E-state index in [1.807, 2.05) is 6.92 Å². The average Bonchev–Trinajstić information content (AvgIpc) is 2.88. The van der Waals surface area contributed by atoms with Crippen molar-refractivity contribution < 1.29 is 9.59 Å². The first-order valence-electron chi connectivity index (χ1n) is 6.37. The van der Waals surface area contributed by atoms with Crippen LogP contribution in [-0.2, 0) is 4.79 Å². The number of aromatic nitrogens is 2. The van der Waals surface area contributed by atoms with Crippen LogP contribution in [0.3, 0.4) is 0 Å². The summed E-state index contributed by atoms with van der Waals surface area (Å²) in [6.07, 6.45) is 7.05. The normalized spacial score (nSPS) is 20.7. The van der Waals surface area contributed by atoms with Crippen LogP contribution in [0.4, 0.5) is 4.79 Å². The van der Waals surface area contributed by atoms with Crippen molar-refractivity contribution in [2.75, 3.05) is 12.3 Å². The second-order valence-corrected chi connectivity index (χ2v) is 6.99. The minimum Gasteiger partial charge on any atom is -0.273 e. The van der Waals surface area contributed by atoms with Gasteiger partial charge in [0.15, 0.2) is 4.34 Å². The first-order valence-corrected chi connectivity index (χ1v) is 8.17. The van der Waals surface area contributed by atoms with Gasteiger partial charge in [0, 0.05) is 12.3 Å². The molecule has 21 heavy (non-hydrogen) atoms. The van der Waals surface area contributed by atoms with Crippen LogP contribution in [0.5, 0.6) is 0 Å². The van der Waals surface area contributed by atoms with Crippen molar-refractivity contribution in [2.45, 2.75) is 11.3 Å². The predicted molar refractivity (Wildman–Crippen MR) is 81.7 cm³/mol. The largest absolute Gasteiger partial charge is 0.350 e. The zero-order valence-electron chi connectivity index (χ0n) is 11.2. The molecule has 2 aliphatic rings. The van der Waals surface area contributed by atoms with Gasteiger partial charge in [-0.3, -0.25) is 9.69 Å². The maximum absolute atomic E-state index is 12.3. The highest BCUT2D eigenvalue weighted by molar-refractivity contribution is 8.01. The zero-order valence-corrected chi connectivity index (χ0v) is 12.9. The van der Waals surface area contributed by atoms with Crippen LogP contribution in [0.2, 0.25) is 0 Å². The van der Waals surface area contributed by atoms with Crippen LogP contribution in [0.25, 0.3) is 0 Å². The molecule has 1 aliphatic heterocycles. The van der Waals surface area contributed by atoms with Gasteiger partial charge in [0.2, 0.25) is 5.91 Å². The minimum absolute atomic E-state index is 0.209. The third-order valence-electron chi connectivity index (χ3n) is 3.04. The van der Waals surface area contributed by atoms with Gasteiger partial charge < -0.3 is 0 Å². The number of carbonyl (C=O) groups is 2. The van der Waals surface area contributed by atoms with E-state index in [4.69, 9.17) is 0 Å². The van der Waals surface area contributed by atoms with Gasteiger partial charge >= 0.3 is 6.03 Å². The second kappa shape index (κ2) is 5.90. The van der Waals surface area contributed by atoms with Crippen molar-refractivity contribution in [3.63, 3.8) is 0 Å². The van der Waals surface area contributed by atoms with Crippen molar-refractivity contribution in [3.05, 3.63) is 29.3 Å². The van der Waals surface area contributed by atoms with E-state index in [0.717, 1.165) is 9.35 Å². The van der Waals surface area contributed by atoms with E-state index >= 15 is 0 Å². The summed E-state index contributed by atoms with van der Waals surface area (Å²) in [6.45, 7) is 2.21. The lowest BCUT2D eigenvalue weighted by molar-refractivity contribution is -0.129. The Morgan fingerprint density at radius 1 is 1.33 bits per heavy atom. The number of urea groups is 1. The minimum atomic E-state index is -0.486. The summed E-state index contributed by atoms with van der Waals surface area (Å²) in [4.78, 5) is 29.4. The van der Waals surface area contributed by atoms with Crippen LogP contribution < -0.4 is 0 Å². The molecule has 0 bridgehead atoms. The van der Waals surface area contributed by atoms with Gasteiger partial charge in [0.1, 0.15) is 5.01 Å². The lowest BCUT2D eigenvalue weighted by Crippen LogP contribution is -2.46. The van der Waals surface area contributed by atoms with Crippen molar-refractivity contribution in [1.29, 1.82) is 0 Å². The number of imide groups is 1. The number of carbonyl (C=O) groups excluding carboxylic acids is 2. The van der Waals surface area contributed by atoms with E-state index in [0.29, 0.717) is 18.0 Å². The Bertz CT molecular complexity index is 677. The molecule has 1 aromatic heterocycles. The molecule has 3 rings (SSSR count). The summed E-state index contributed by atoms with van der Waals surface area (Å²) in [5.41, 5.74) is 0.524. The Labute approximate surface area is 129 Å². The molecule has 1 unspecified atom stereocenters. The average molecular weight is 320 g/mol. The van der Waals surface area contributed by atoms with Crippen molar-refractivity contribution in [2.24, 2.45) is 10.9 Å². The van der Waals surface area contributed by atoms with Crippen LogP contribution in [0.15, 0.2) is 33.6 Å². The van der Waals surface area contributed by atoms with E-state index in [-0.39, 0.29) is 5.91 Å². The molecular formula is C13H12N4O2S2. The quantitative estimate of drug-likeness (QED) is 0.794. The molecule has 0 aromatic carbocycles. The molecule has 1 aliphatic carbocycles. The number of aliphatic imine (C=N–C) groups is 1. The van der Waals surface area contributed by atoms with Gasteiger partial charge in [0.05, 0.1) is 11.6 Å². The number of rotatable bonds is 4. The first-order chi connectivity index (χ1) is 10.1. The molecular weight excluding hydrogens is 308 g/mol. The molecule has 8 heteroatoms. The summed E-state index contributed by atoms with van der Waals surface area (Å²) in [5.74, 6) is -0.0513. The summed E-state index contributed by atoms with van der Waals surface area (Å²) >= 11 is 2.99.